The van der Waals surface area contributed by atoms with E-state index in [0.29, 0.717) is 13.1 Å². The predicted octanol–water partition coefficient (Wildman–Crippen LogP) is 0.487. The fourth-order valence-electron chi connectivity index (χ4n) is 3.39. The topological polar surface area (TPSA) is 93.1 Å². The minimum Gasteiger partial charge on any atom is -0.507 e. The van der Waals surface area contributed by atoms with Gasteiger partial charge in [-0.2, -0.15) is 0 Å². The summed E-state index contributed by atoms with van der Waals surface area (Å²) in [5, 5.41) is 22.0. The first-order valence-corrected chi connectivity index (χ1v) is 8.34. The molecule has 1 atom stereocenters. The first-order chi connectivity index (χ1) is 11.5. The Morgan fingerprint density at radius 1 is 1.21 bits per heavy atom. The summed E-state index contributed by atoms with van der Waals surface area (Å²) >= 11 is 0. The highest BCUT2D eigenvalue weighted by Gasteiger charge is 2.30. The second-order valence-corrected chi connectivity index (χ2v) is 6.43. The molecule has 2 aliphatic rings. The molecule has 2 heterocycles. The lowest BCUT2D eigenvalue weighted by Gasteiger charge is -2.34. The maximum Gasteiger partial charge on any atom is 0.339 e. The summed E-state index contributed by atoms with van der Waals surface area (Å²) in [6.07, 6.45) is 2.15. The number of hydrogen-bond acceptors (Lipinski definition) is 5. The van der Waals surface area contributed by atoms with Crippen molar-refractivity contribution in [1.82, 2.24) is 15.1 Å². The molecule has 1 unspecified atom stereocenters. The molecule has 0 bridgehead atoms. The monoisotopic (exact) mass is 333 g/mol. The number of amides is 1. The van der Waals surface area contributed by atoms with Crippen LogP contribution in [0.1, 0.15) is 28.8 Å². The molecule has 2 saturated heterocycles. The van der Waals surface area contributed by atoms with Crippen molar-refractivity contribution in [3.05, 3.63) is 29.3 Å². The number of benzene rings is 1. The Morgan fingerprint density at radius 2 is 1.96 bits per heavy atom. The molecule has 24 heavy (non-hydrogen) atoms. The number of aromatic hydroxyl groups is 1. The number of likely N-dealkylation sites (tertiary alicyclic amines) is 1. The molecule has 0 saturated carbocycles. The van der Waals surface area contributed by atoms with Crippen molar-refractivity contribution in [2.45, 2.75) is 25.4 Å². The highest BCUT2D eigenvalue weighted by Crippen LogP contribution is 2.20. The van der Waals surface area contributed by atoms with Crippen LogP contribution in [0.4, 0.5) is 0 Å². The van der Waals surface area contributed by atoms with E-state index in [2.05, 4.69) is 10.2 Å². The smallest absolute Gasteiger partial charge is 0.339 e. The van der Waals surface area contributed by atoms with Gasteiger partial charge < -0.3 is 20.4 Å². The number of rotatable bonds is 4. The number of carboxylic acids is 1. The number of carbonyl (C=O) groups is 2. The molecule has 0 aliphatic carbocycles. The van der Waals surface area contributed by atoms with Gasteiger partial charge in [0.25, 0.3) is 0 Å². The fraction of sp³-hybridized carbons (Fsp3) is 0.529. The van der Waals surface area contributed by atoms with Crippen LogP contribution in [0.15, 0.2) is 18.2 Å². The largest absolute Gasteiger partial charge is 0.507 e. The van der Waals surface area contributed by atoms with E-state index >= 15 is 0 Å². The number of carbonyl (C=O) groups excluding carboxylic acids is 1. The summed E-state index contributed by atoms with van der Waals surface area (Å²) in [6, 6.07) is 4.43. The zero-order valence-corrected chi connectivity index (χ0v) is 13.6. The Kier molecular flexibility index (Phi) is 5.01. The van der Waals surface area contributed by atoms with Gasteiger partial charge in [0.15, 0.2) is 0 Å². The molecule has 7 heteroatoms. The van der Waals surface area contributed by atoms with E-state index in [1.165, 1.54) is 12.1 Å². The van der Waals surface area contributed by atoms with Crippen molar-refractivity contribution < 1.29 is 19.8 Å². The van der Waals surface area contributed by atoms with Crippen molar-refractivity contribution in [2.24, 2.45) is 0 Å². The Bertz CT molecular complexity index is 628. The van der Waals surface area contributed by atoms with Gasteiger partial charge in [0.05, 0.1) is 6.04 Å². The lowest BCUT2D eigenvalue weighted by Crippen LogP contribution is -2.57. The van der Waals surface area contributed by atoms with Gasteiger partial charge in [-0.1, -0.05) is 6.07 Å². The van der Waals surface area contributed by atoms with Crippen LogP contribution in [0, 0.1) is 0 Å². The molecule has 130 valence electrons. The maximum absolute atomic E-state index is 12.5. The van der Waals surface area contributed by atoms with Crippen molar-refractivity contribution in [3.8, 4) is 5.75 Å². The van der Waals surface area contributed by atoms with Crippen molar-refractivity contribution >= 4 is 11.9 Å². The normalized spacial score (nSPS) is 21.8. The Labute approximate surface area is 140 Å². The van der Waals surface area contributed by atoms with E-state index in [-0.39, 0.29) is 23.3 Å². The maximum atomic E-state index is 12.5. The van der Waals surface area contributed by atoms with Gasteiger partial charge in [-0.25, -0.2) is 4.79 Å². The minimum atomic E-state index is -1.14. The van der Waals surface area contributed by atoms with Crippen molar-refractivity contribution in [1.29, 1.82) is 0 Å². The average molecular weight is 333 g/mol. The van der Waals surface area contributed by atoms with Crippen LogP contribution in [0.3, 0.4) is 0 Å². The molecule has 0 aromatic heterocycles. The summed E-state index contributed by atoms with van der Waals surface area (Å²) in [7, 11) is 0. The van der Waals surface area contributed by atoms with Gasteiger partial charge in [0.2, 0.25) is 5.91 Å². The van der Waals surface area contributed by atoms with E-state index in [9.17, 15) is 14.7 Å². The molecule has 2 fully saturated rings. The summed E-state index contributed by atoms with van der Waals surface area (Å²) in [6.45, 7) is 4.39. The van der Waals surface area contributed by atoms with Crippen LogP contribution in [-0.2, 0) is 11.3 Å². The standard InChI is InChI=1S/C17H23N3O4/c21-15-4-3-12(9-13(15)17(23)24)10-19-8-5-18-14(11-19)16(22)20-6-1-2-7-20/h3-4,9,14,18,21H,1-2,5-8,10-11H2,(H,23,24). The van der Waals surface area contributed by atoms with Crippen LogP contribution >= 0.6 is 0 Å². The zero-order chi connectivity index (χ0) is 17.1. The lowest BCUT2D eigenvalue weighted by atomic mass is 10.1. The van der Waals surface area contributed by atoms with Gasteiger partial charge >= 0.3 is 5.97 Å². The van der Waals surface area contributed by atoms with E-state index in [1.807, 2.05) is 4.90 Å². The zero-order valence-electron chi connectivity index (χ0n) is 13.6. The fourth-order valence-corrected chi connectivity index (χ4v) is 3.39. The van der Waals surface area contributed by atoms with Gasteiger partial charge in [0, 0.05) is 39.3 Å². The van der Waals surface area contributed by atoms with Crippen molar-refractivity contribution in [2.75, 3.05) is 32.7 Å². The van der Waals surface area contributed by atoms with E-state index in [4.69, 9.17) is 5.11 Å². The Morgan fingerprint density at radius 3 is 2.67 bits per heavy atom. The number of hydrogen-bond donors (Lipinski definition) is 3. The lowest BCUT2D eigenvalue weighted by molar-refractivity contribution is -0.133. The second kappa shape index (κ2) is 7.19. The number of nitrogens with one attached hydrogen (secondary N) is 1. The number of aromatic carboxylic acids is 1. The van der Waals surface area contributed by atoms with Gasteiger partial charge in [-0.15, -0.1) is 0 Å². The van der Waals surface area contributed by atoms with Crippen LogP contribution in [0.25, 0.3) is 0 Å². The van der Waals surface area contributed by atoms with E-state index < -0.39 is 5.97 Å². The molecule has 1 amide bonds. The number of piperazine rings is 1. The third-order valence-corrected chi connectivity index (χ3v) is 4.67. The van der Waals surface area contributed by atoms with Gasteiger partial charge in [-0.05, 0) is 30.5 Å². The summed E-state index contributed by atoms with van der Waals surface area (Å²) in [5.74, 6) is -1.21. The van der Waals surface area contributed by atoms with Crippen molar-refractivity contribution in [3.63, 3.8) is 0 Å². The first kappa shape index (κ1) is 16.7. The predicted molar refractivity (Wildman–Crippen MR) is 87.9 cm³/mol. The van der Waals surface area contributed by atoms with Crippen LogP contribution in [0.5, 0.6) is 5.75 Å². The minimum absolute atomic E-state index is 0.0904. The third-order valence-electron chi connectivity index (χ3n) is 4.67. The second-order valence-electron chi connectivity index (χ2n) is 6.43. The molecular weight excluding hydrogens is 310 g/mol. The molecule has 3 rings (SSSR count). The molecule has 0 spiro atoms. The number of nitrogens with zero attached hydrogens (tertiary/aromatic N) is 2. The van der Waals surface area contributed by atoms with E-state index in [0.717, 1.165) is 44.6 Å². The third kappa shape index (κ3) is 3.68. The van der Waals surface area contributed by atoms with Gasteiger partial charge in [-0.3, -0.25) is 9.69 Å². The van der Waals surface area contributed by atoms with Gasteiger partial charge in [0.1, 0.15) is 11.3 Å². The molecule has 7 nitrogen and oxygen atoms in total. The molecular formula is C17H23N3O4. The SMILES string of the molecule is O=C(O)c1cc(CN2CCNC(C(=O)N3CCCC3)C2)ccc1O. The highest BCUT2D eigenvalue weighted by molar-refractivity contribution is 5.90. The highest BCUT2D eigenvalue weighted by atomic mass is 16.4. The van der Waals surface area contributed by atoms with Crippen LogP contribution in [-0.4, -0.2) is 70.7 Å². The quantitative estimate of drug-likeness (QED) is 0.742. The molecule has 1 aromatic rings. The van der Waals surface area contributed by atoms with Crippen LogP contribution in [0.2, 0.25) is 0 Å². The number of carboxylic acid groups (broad SMARTS) is 1. The average Bonchev–Trinajstić information content (AvgIpc) is 3.10. The van der Waals surface area contributed by atoms with Crippen LogP contribution < -0.4 is 5.32 Å². The summed E-state index contributed by atoms with van der Waals surface area (Å²) in [5.41, 5.74) is 0.729. The Balaban J connectivity index is 1.64. The summed E-state index contributed by atoms with van der Waals surface area (Å²) in [4.78, 5) is 27.7. The first-order valence-electron chi connectivity index (χ1n) is 8.34. The summed E-state index contributed by atoms with van der Waals surface area (Å²) < 4.78 is 0. The van der Waals surface area contributed by atoms with E-state index in [1.54, 1.807) is 6.07 Å². The number of phenols is 1. The molecule has 2 aliphatic heterocycles. The Hall–Kier alpha value is -2.12. The molecule has 3 N–H and O–H groups in total. The molecule has 1 aromatic carbocycles. The molecule has 0 radical (unpaired) electrons.